The van der Waals surface area contributed by atoms with Crippen LogP contribution in [0.4, 0.5) is 8.78 Å². The van der Waals surface area contributed by atoms with Gasteiger partial charge in [-0.25, -0.2) is 18.3 Å². The highest BCUT2D eigenvalue weighted by atomic mass is 19.3. The molecule has 0 aromatic carbocycles. The first-order valence-electron chi connectivity index (χ1n) is 6.33. The number of carbonyl (C=O) groups excluding carboxylic acids is 1. The quantitative estimate of drug-likeness (QED) is 0.791. The van der Waals surface area contributed by atoms with E-state index >= 15 is 0 Å². The second-order valence-corrected chi connectivity index (χ2v) is 4.27. The largest absolute Gasteiger partial charge is 0.461 e. The van der Waals surface area contributed by atoms with Gasteiger partial charge >= 0.3 is 5.97 Å². The average molecular weight is 296 g/mol. The summed E-state index contributed by atoms with van der Waals surface area (Å²) >= 11 is 0. The van der Waals surface area contributed by atoms with Crippen molar-refractivity contribution in [1.29, 1.82) is 0 Å². The van der Waals surface area contributed by atoms with Crippen molar-refractivity contribution in [2.24, 2.45) is 0 Å². The van der Waals surface area contributed by atoms with E-state index in [0.717, 1.165) is 10.2 Å². The highest BCUT2D eigenvalue weighted by Gasteiger charge is 2.27. The van der Waals surface area contributed by atoms with Gasteiger partial charge in [0.15, 0.2) is 5.69 Å². The van der Waals surface area contributed by atoms with Gasteiger partial charge in [-0.3, -0.25) is 4.98 Å². The van der Waals surface area contributed by atoms with Crippen LogP contribution in [0.3, 0.4) is 0 Å². The van der Waals surface area contributed by atoms with Crippen LogP contribution in [0.2, 0.25) is 0 Å². The molecule has 0 bridgehead atoms. The zero-order valence-corrected chi connectivity index (χ0v) is 11.6. The van der Waals surface area contributed by atoms with Crippen LogP contribution in [0, 0.1) is 6.92 Å². The molecule has 21 heavy (non-hydrogen) atoms. The van der Waals surface area contributed by atoms with Crippen LogP contribution in [0.5, 0.6) is 0 Å². The highest BCUT2D eigenvalue weighted by Crippen LogP contribution is 2.23. The standard InChI is InChI=1S/C13H14F2N4O2/c1-3-21-13(20)10-11(12(14)15)19(18-17-10)7-9-8(2)5-4-6-16-9/h4-6,12H,3,7H2,1-2H3. The third-order valence-corrected chi connectivity index (χ3v) is 2.87. The lowest BCUT2D eigenvalue weighted by molar-refractivity contribution is 0.0506. The molecule has 8 heteroatoms. The van der Waals surface area contributed by atoms with Gasteiger partial charge in [0, 0.05) is 6.20 Å². The molecule has 112 valence electrons. The molecule has 0 fully saturated rings. The van der Waals surface area contributed by atoms with Crippen LogP contribution in [-0.2, 0) is 11.3 Å². The van der Waals surface area contributed by atoms with Gasteiger partial charge in [-0.15, -0.1) is 5.10 Å². The molecule has 6 nitrogen and oxygen atoms in total. The predicted octanol–water partition coefficient (Wildman–Crippen LogP) is 2.14. The first-order chi connectivity index (χ1) is 10.0. The molecule has 0 aliphatic rings. The number of hydrogen-bond donors (Lipinski definition) is 0. The lowest BCUT2D eigenvalue weighted by Crippen LogP contribution is -2.13. The Morgan fingerprint density at radius 1 is 1.48 bits per heavy atom. The number of aromatic nitrogens is 4. The second kappa shape index (κ2) is 6.38. The number of aryl methyl sites for hydroxylation is 1. The van der Waals surface area contributed by atoms with Crippen molar-refractivity contribution in [2.75, 3.05) is 6.61 Å². The van der Waals surface area contributed by atoms with E-state index in [9.17, 15) is 13.6 Å². The Morgan fingerprint density at radius 3 is 2.86 bits per heavy atom. The molecule has 0 aliphatic carbocycles. The van der Waals surface area contributed by atoms with E-state index in [1.165, 1.54) is 0 Å². The van der Waals surface area contributed by atoms with E-state index in [-0.39, 0.29) is 13.2 Å². The summed E-state index contributed by atoms with van der Waals surface area (Å²) in [5.41, 5.74) is 0.407. The Hall–Kier alpha value is -2.38. The van der Waals surface area contributed by atoms with Gasteiger partial charge in [-0.1, -0.05) is 11.3 Å². The number of halogens is 2. The molecule has 2 heterocycles. The Balaban J connectivity index is 2.36. The van der Waals surface area contributed by atoms with Crippen LogP contribution in [0.25, 0.3) is 0 Å². The summed E-state index contributed by atoms with van der Waals surface area (Å²) in [5.74, 6) is -0.906. The number of ether oxygens (including phenoxy) is 1. The highest BCUT2D eigenvalue weighted by molar-refractivity contribution is 5.88. The molecular weight excluding hydrogens is 282 g/mol. The van der Waals surface area contributed by atoms with Crippen molar-refractivity contribution < 1.29 is 18.3 Å². The summed E-state index contributed by atoms with van der Waals surface area (Å²) in [6, 6.07) is 3.56. The van der Waals surface area contributed by atoms with Gasteiger partial charge < -0.3 is 4.74 Å². The van der Waals surface area contributed by atoms with Crippen molar-refractivity contribution in [3.05, 3.63) is 41.0 Å². The molecule has 0 amide bonds. The zero-order valence-electron chi connectivity index (χ0n) is 11.6. The van der Waals surface area contributed by atoms with Crippen LogP contribution in [0.1, 0.15) is 40.8 Å². The molecular formula is C13H14F2N4O2. The van der Waals surface area contributed by atoms with Gasteiger partial charge in [-0.05, 0) is 25.5 Å². The number of esters is 1. The van der Waals surface area contributed by atoms with E-state index in [1.807, 2.05) is 13.0 Å². The zero-order chi connectivity index (χ0) is 15.4. The topological polar surface area (TPSA) is 69.9 Å². The molecule has 0 spiro atoms. The molecule has 0 saturated carbocycles. The normalized spacial score (nSPS) is 10.9. The number of rotatable bonds is 5. The number of alkyl halides is 2. The van der Waals surface area contributed by atoms with E-state index in [1.54, 1.807) is 19.2 Å². The van der Waals surface area contributed by atoms with Gasteiger partial charge in [0.1, 0.15) is 5.69 Å². The first kappa shape index (κ1) is 15.0. The summed E-state index contributed by atoms with van der Waals surface area (Å²) < 4.78 is 32.1. The Bertz CT molecular complexity index is 643. The summed E-state index contributed by atoms with van der Waals surface area (Å²) in [6.07, 6.45) is -1.32. The lowest BCUT2D eigenvalue weighted by Gasteiger charge is -2.08. The SMILES string of the molecule is CCOC(=O)c1nnn(Cc2ncccc2C)c1C(F)F. The summed E-state index contributed by atoms with van der Waals surface area (Å²) in [7, 11) is 0. The van der Waals surface area contributed by atoms with Crippen molar-refractivity contribution in [3.63, 3.8) is 0 Å². The molecule has 0 N–H and O–H groups in total. The Labute approximate surface area is 119 Å². The molecule has 2 rings (SSSR count). The molecule has 0 radical (unpaired) electrons. The Kier molecular flexibility index (Phi) is 4.56. The number of nitrogens with zero attached hydrogens (tertiary/aromatic N) is 4. The fraction of sp³-hybridized carbons (Fsp3) is 0.385. The second-order valence-electron chi connectivity index (χ2n) is 4.27. The molecule has 2 aromatic heterocycles. The smallest absolute Gasteiger partial charge is 0.361 e. The molecule has 2 aromatic rings. The Morgan fingerprint density at radius 2 is 2.24 bits per heavy atom. The molecule has 0 saturated heterocycles. The third kappa shape index (κ3) is 3.21. The van der Waals surface area contributed by atoms with E-state index in [0.29, 0.717) is 5.69 Å². The van der Waals surface area contributed by atoms with Gasteiger partial charge in [0.05, 0.1) is 18.8 Å². The number of pyridine rings is 1. The third-order valence-electron chi connectivity index (χ3n) is 2.87. The fourth-order valence-corrected chi connectivity index (χ4v) is 1.82. The predicted molar refractivity (Wildman–Crippen MR) is 69.0 cm³/mol. The van der Waals surface area contributed by atoms with E-state index in [4.69, 9.17) is 4.74 Å². The summed E-state index contributed by atoms with van der Waals surface area (Å²) in [5, 5.41) is 7.14. The monoisotopic (exact) mass is 296 g/mol. The first-order valence-corrected chi connectivity index (χ1v) is 6.33. The molecule has 0 unspecified atom stereocenters. The van der Waals surface area contributed by atoms with Crippen LogP contribution < -0.4 is 0 Å². The van der Waals surface area contributed by atoms with Gasteiger partial charge in [0.2, 0.25) is 0 Å². The number of hydrogen-bond acceptors (Lipinski definition) is 5. The van der Waals surface area contributed by atoms with Crippen LogP contribution in [-0.4, -0.2) is 32.6 Å². The minimum absolute atomic E-state index is 0.0127. The van der Waals surface area contributed by atoms with Crippen LogP contribution in [0.15, 0.2) is 18.3 Å². The van der Waals surface area contributed by atoms with Gasteiger partial charge in [0.25, 0.3) is 6.43 Å². The minimum Gasteiger partial charge on any atom is -0.461 e. The minimum atomic E-state index is -2.89. The summed E-state index contributed by atoms with van der Waals surface area (Å²) in [4.78, 5) is 15.7. The van der Waals surface area contributed by atoms with Crippen molar-refractivity contribution >= 4 is 5.97 Å². The summed E-state index contributed by atoms with van der Waals surface area (Å²) in [6.45, 7) is 3.49. The maximum Gasteiger partial charge on any atom is 0.361 e. The molecule has 0 aliphatic heterocycles. The van der Waals surface area contributed by atoms with E-state index in [2.05, 4.69) is 15.3 Å². The molecule has 0 atom stereocenters. The van der Waals surface area contributed by atoms with E-state index < -0.39 is 23.8 Å². The lowest BCUT2D eigenvalue weighted by atomic mass is 10.2. The van der Waals surface area contributed by atoms with Crippen molar-refractivity contribution in [2.45, 2.75) is 26.8 Å². The van der Waals surface area contributed by atoms with Crippen LogP contribution >= 0.6 is 0 Å². The fourth-order valence-electron chi connectivity index (χ4n) is 1.82. The average Bonchev–Trinajstić information content (AvgIpc) is 2.85. The van der Waals surface area contributed by atoms with Crippen molar-refractivity contribution in [1.82, 2.24) is 20.0 Å². The maximum absolute atomic E-state index is 13.2. The van der Waals surface area contributed by atoms with Gasteiger partial charge in [-0.2, -0.15) is 0 Å². The van der Waals surface area contributed by atoms with Crippen molar-refractivity contribution in [3.8, 4) is 0 Å². The maximum atomic E-state index is 13.2. The number of carbonyl (C=O) groups is 1.